The van der Waals surface area contributed by atoms with Gasteiger partial charge in [0.25, 0.3) is 5.56 Å². The molecular weight excluding hydrogens is 392 g/mol. The molecule has 3 nitrogen and oxygen atoms in total. The Balaban J connectivity index is 1.43. The zero-order chi connectivity index (χ0) is 20.2. The van der Waals surface area contributed by atoms with E-state index >= 15 is 0 Å². The van der Waals surface area contributed by atoms with Crippen molar-refractivity contribution >= 4 is 33.1 Å². The van der Waals surface area contributed by atoms with Gasteiger partial charge in [-0.1, -0.05) is 66.2 Å². The minimum absolute atomic E-state index is 0.144. The number of aromatic nitrogens is 1. The molecule has 2 atom stereocenters. The van der Waals surface area contributed by atoms with Gasteiger partial charge in [-0.25, -0.2) is 0 Å². The van der Waals surface area contributed by atoms with E-state index in [1.807, 2.05) is 10.6 Å². The van der Waals surface area contributed by atoms with Crippen LogP contribution in [-0.2, 0) is 13.1 Å². The lowest BCUT2D eigenvalue weighted by molar-refractivity contribution is 0.115. The molecule has 4 aromatic rings. The van der Waals surface area contributed by atoms with E-state index in [9.17, 15) is 4.79 Å². The quantitative estimate of drug-likeness (QED) is 0.409. The fraction of sp³-hybridized carbons (Fsp3) is 0.269. The average molecular weight is 415 g/mol. The molecule has 2 aliphatic heterocycles. The molecule has 0 aliphatic carbocycles. The maximum atomic E-state index is 12.3. The van der Waals surface area contributed by atoms with Gasteiger partial charge in [0.15, 0.2) is 0 Å². The molecule has 6 rings (SSSR count). The number of likely N-dealkylation sites (tertiary alicyclic amines) is 1. The van der Waals surface area contributed by atoms with E-state index in [0.717, 1.165) is 42.0 Å². The van der Waals surface area contributed by atoms with Crippen LogP contribution in [0.1, 0.15) is 23.6 Å². The van der Waals surface area contributed by atoms with Crippen molar-refractivity contribution in [3.8, 4) is 0 Å². The lowest BCUT2D eigenvalue weighted by Gasteiger charge is -2.43. The summed E-state index contributed by atoms with van der Waals surface area (Å²) in [5.74, 6) is 0.956. The monoisotopic (exact) mass is 414 g/mol. The average Bonchev–Trinajstić information content (AvgIpc) is 2.77. The molecule has 0 amide bonds. The second-order valence-electron chi connectivity index (χ2n) is 8.78. The molecule has 1 fully saturated rings. The SMILES string of the molecule is O=c1cccc2n1C[C@@H]1C[C@H]2CN(Cc2c3ccccc3c(Cl)c3ccccc23)C1. The Bertz CT molecular complexity index is 1290. The van der Waals surface area contributed by atoms with Gasteiger partial charge in [-0.2, -0.15) is 0 Å². The van der Waals surface area contributed by atoms with Gasteiger partial charge >= 0.3 is 0 Å². The highest BCUT2D eigenvalue weighted by molar-refractivity contribution is 6.41. The predicted octanol–water partition coefficient (Wildman–Crippen LogP) is 5.43. The predicted molar refractivity (Wildman–Crippen MR) is 123 cm³/mol. The summed E-state index contributed by atoms with van der Waals surface area (Å²) in [5, 5.41) is 5.58. The molecule has 0 N–H and O–H groups in total. The van der Waals surface area contributed by atoms with Crippen LogP contribution in [0.4, 0.5) is 0 Å². The maximum absolute atomic E-state index is 12.3. The summed E-state index contributed by atoms with van der Waals surface area (Å²) in [7, 11) is 0. The number of nitrogens with zero attached hydrogens (tertiary/aromatic N) is 2. The Morgan fingerprint density at radius 2 is 1.47 bits per heavy atom. The third kappa shape index (κ3) is 2.80. The van der Waals surface area contributed by atoms with Crippen molar-refractivity contribution in [3.63, 3.8) is 0 Å². The first-order valence-corrected chi connectivity index (χ1v) is 11.1. The Morgan fingerprint density at radius 1 is 0.800 bits per heavy atom. The lowest BCUT2D eigenvalue weighted by atomic mass is 9.82. The molecule has 1 saturated heterocycles. The van der Waals surface area contributed by atoms with E-state index in [2.05, 4.69) is 59.5 Å². The molecule has 30 heavy (non-hydrogen) atoms. The van der Waals surface area contributed by atoms with Crippen LogP contribution >= 0.6 is 11.6 Å². The highest BCUT2D eigenvalue weighted by Crippen LogP contribution is 2.39. The van der Waals surface area contributed by atoms with Gasteiger partial charge in [0.2, 0.25) is 0 Å². The van der Waals surface area contributed by atoms with Crippen molar-refractivity contribution in [2.24, 2.45) is 5.92 Å². The standard InChI is InChI=1S/C26H23ClN2O/c27-26-21-8-3-1-6-19(21)23(20-7-2-4-9-22(20)26)16-28-13-17-12-18(15-28)24-10-5-11-25(30)29(24)14-17/h1-11,17-18H,12-16H2/t17-,18+/m1/s1. The summed E-state index contributed by atoms with van der Waals surface area (Å²) in [4.78, 5) is 14.9. The number of halogens is 1. The van der Waals surface area contributed by atoms with Crippen LogP contribution in [0.25, 0.3) is 21.5 Å². The lowest BCUT2D eigenvalue weighted by Crippen LogP contribution is -2.46. The molecule has 1 aromatic heterocycles. The summed E-state index contributed by atoms with van der Waals surface area (Å²) in [6.07, 6.45) is 1.18. The minimum atomic E-state index is 0.144. The molecule has 0 unspecified atom stereocenters. The summed E-state index contributed by atoms with van der Waals surface area (Å²) < 4.78 is 2.00. The van der Waals surface area contributed by atoms with E-state index < -0.39 is 0 Å². The van der Waals surface area contributed by atoms with Crippen LogP contribution in [0.2, 0.25) is 5.02 Å². The topological polar surface area (TPSA) is 25.2 Å². The smallest absolute Gasteiger partial charge is 0.250 e. The van der Waals surface area contributed by atoms with Gasteiger partial charge in [0, 0.05) is 54.6 Å². The molecular formula is C26H23ClN2O. The highest BCUT2D eigenvalue weighted by Gasteiger charge is 2.34. The second-order valence-corrected chi connectivity index (χ2v) is 9.15. The van der Waals surface area contributed by atoms with E-state index in [0.29, 0.717) is 11.8 Å². The number of fused-ring (bicyclic) bond motifs is 6. The molecule has 3 aromatic carbocycles. The summed E-state index contributed by atoms with van der Waals surface area (Å²) in [5.41, 5.74) is 2.70. The molecule has 2 bridgehead atoms. The Morgan fingerprint density at radius 3 is 2.17 bits per heavy atom. The fourth-order valence-corrected chi connectivity index (χ4v) is 6.01. The minimum Gasteiger partial charge on any atom is -0.312 e. The normalized spacial score (nSPS) is 21.1. The molecule has 0 saturated carbocycles. The van der Waals surface area contributed by atoms with Gasteiger partial charge < -0.3 is 4.57 Å². The molecule has 2 aliphatic rings. The number of piperidine rings is 1. The summed E-state index contributed by atoms with van der Waals surface area (Å²) >= 11 is 6.79. The molecule has 4 heteroatoms. The Labute approximate surface area is 180 Å². The van der Waals surface area contributed by atoms with E-state index in [1.165, 1.54) is 28.5 Å². The number of hydrogen-bond acceptors (Lipinski definition) is 2. The first-order valence-electron chi connectivity index (χ1n) is 10.7. The van der Waals surface area contributed by atoms with Crippen molar-refractivity contribution in [1.82, 2.24) is 9.47 Å². The number of hydrogen-bond donors (Lipinski definition) is 0. The van der Waals surface area contributed by atoms with Gasteiger partial charge in [-0.05, 0) is 34.7 Å². The van der Waals surface area contributed by atoms with E-state index in [-0.39, 0.29) is 5.56 Å². The third-order valence-corrected chi connectivity index (χ3v) is 7.32. The summed E-state index contributed by atoms with van der Waals surface area (Å²) in [6.45, 7) is 3.76. The molecule has 150 valence electrons. The van der Waals surface area contributed by atoms with Crippen molar-refractivity contribution in [2.75, 3.05) is 13.1 Å². The molecule has 3 heterocycles. The van der Waals surface area contributed by atoms with Crippen molar-refractivity contribution in [2.45, 2.75) is 25.4 Å². The first kappa shape index (κ1) is 18.2. The number of benzene rings is 3. The van der Waals surface area contributed by atoms with Crippen molar-refractivity contribution < 1.29 is 0 Å². The fourth-order valence-electron chi connectivity index (χ4n) is 5.68. The first-order chi connectivity index (χ1) is 14.7. The maximum Gasteiger partial charge on any atom is 0.250 e. The Kier molecular flexibility index (Phi) is 4.22. The van der Waals surface area contributed by atoms with Gasteiger partial charge in [-0.15, -0.1) is 0 Å². The largest absolute Gasteiger partial charge is 0.312 e. The van der Waals surface area contributed by atoms with Crippen LogP contribution in [0.5, 0.6) is 0 Å². The summed E-state index contributed by atoms with van der Waals surface area (Å²) in [6, 6.07) is 22.7. The van der Waals surface area contributed by atoms with Crippen molar-refractivity contribution in [3.05, 3.63) is 93.4 Å². The van der Waals surface area contributed by atoms with Crippen LogP contribution < -0.4 is 5.56 Å². The Hall–Kier alpha value is -2.62. The van der Waals surface area contributed by atoms with Crippen LogP contribution in [-0.4, -0.2) is 22.6 Å². The van der Waals surface area contributed by atoms with E-state index in [4.69, 9.17) is 11.6 Å². The molecule has 0 spiro atoms. The molecule has 0 radical (unpaired) electrons. The van der Waals surface area contributed by atoms with Crippen molar-refractivity contribution in [1.29, 1.82) is 0 Å². The van der Waals surface area contributed by atoms with E-state index in [1.54, 1.807) is 6.07 Å². The third-order valence-electron chi connectivity index (χ3n) is 6.91. The van der Waals surface area contributed by atoms with Crippen LogP contribution in [0.3, 0.4) is 0 Å². The van der Waals surface area contributed by atoms with Gasteiger partial charge in [0.05, 0.1) is 5.02 Å². The number of rotatable bonds is 2. The zero-order valence-electron chi connectivity index (χ0n) is 16.7. The number of pyridine rings is 1. The zero-order valence-corrected chi connectivity index (χ0v) is 17.5. The second kappa shape index (κ2) is 6.97. The highest BCUT2D eigenvalue weighted by atomic mass is 35.5. The van der Waals surface area contributed by atoms with Gasteiger partial charge in [0.1, 0.15) is 0 Å². The van der Waals surface area contributed by atoms with Crippen LogP contribution in [0, 0.1) is 5.92 Å². The van der Waals surface area contributed by atoms with Gasteiger partial charge in [-0.3, -0.25) is 9.69 Å². The van der Waals surface area contributed by atoms with Crippen LogP contribution in [0.15, 0.2) is 71.5 Å².